The van der Waals surface area contributed by atoms with Crippen molar-refractivity contribution >= 4 is 0 Å². The maximum absolute atomic E-state index is 2.45. The zero-order chi connectivity index (χ0) is 28.7. The summed E-state index contributed by atoms with van der Waals surface area (Å²) < 4.78 is 1.07. The Hall–Kier alpha value is -2.64. The van der Waals surface area contributed by atoms with Crippen molar-refractivity contribution in [1.29, 1.82) is 0 Å². The molecule has 222 valence electrons. The molecule has 0 atom stereocenters. The van der Waals surface area contributed by atoms with E-state index in [-0.39, 0.29) is 0 Å². The Balaban J connectivity index is 1.42. The Bertz CT molecular complexity index is 923. The van der Waals surface area contributed by atoms with Crippen LogP contribution in [0.25, 0.3) is 0 Å². The van der Waals surface area contributed by atoms with Crippen LogP contribution in [0.1, 0.15) is 120 Å². The van der Waals surface area contributed by atoms with Crippen molar-refractivity contribution in [2.75, 3.05) is 6.54 Å². The van der Waals surface area contributed by atoms with Crippen LogP contribution in [0.15, 0.2) is 103 Å². The van der Waals surface area contributed by atoms with Crippen LogP contribution in [-0.4, -0.2) is 11.0 Å². The molecule has 41 heavy (non-hydrogen) atoms. The van der Waals surface area contributed by atoms with Crippen molar-refractivity contribution < 1.29 is 4.48 Å². The molecule has 0 amide bonds. The summed E-state index contributed by atoms with van der Waals surface area (Å²) in [5.41, 5.74) is 4.31. The van der Waals surface area contributed by atoms with Crippen molar-refractivity contribution in [3.05, 3.63) is 120 Å². The molecule has 0 saturated heterocycles. The van der Waals surface area contributed by atoms with Crippen molar-refractivity contribution in [2.24, 2.45) is 0 Å². The number of quaternary nitrogens is 1. The summed E-state index contributed by atoms with van der Waals surface area (Å²) in [6.07, 6.45) is 25.5. The van der Waals surface area contributed by atoms with Crippen molar-refractivity contribution in [3.8, 4) is 0 Å². The zero-order valence-electron chi connectivity index (χ0n) is 26.2. The maximum atomic E-state index is 2.45. The first-order valence-electron chi connectivity index (χ1n) is 16.9. The predicted octanol–water partition coefficient (Wildman–Crippen LogP) is 11.8. The van der Waals surface area contributed by atoms with Gasteiger partial charge in [0, 0.05) is 16.7 Å². The van der Waals surface area contributed by atoms with E-state index in [1.54, 1.807) is 0 Å². The molecule has 0 aliphatic heterocycles. The minimum absolute atomic E-state index is 1.07. The second-order valence-corrected chi connectivity index (χ2v) is 12.3. The van der Waals surface area contributed by atoms with E-state index >= 15 is 0 Å². The monoisotopic (exact) mass is 552 g/mol. The van der Waals surface area contributed by atoms with E-state index in [0.29, 0.717) is 0 Å². The molecule has 0 fully saturated rings. The van der Waals surface area contributed by atoms with Gasteiger partial charge in [0.15, 0.2) is 0 Å². The minimum atomic E-state index is 1.07. The van der Waals surface area contributed by atoms with Gasteiger partial charge in [0.25, 0.3) is 0 Å². The highest BCUT2D eigenvalue weighted by Crippen LogP contribution is 2.25. The number of unbranched alkanes of at least 4 members (excludes halogenated alkanes) is 13. The number of benzene rings is 3. The lowest BCUT2D eigenvalue weighted by atomic mass is 10.0. The number of hydrogen-bond donors (Lipinski definition) is 0. The van der Waals surface area contributed by atoms with E-state index in [2.05, 4.69) is 110 Å². The normalized spacial score (nSPS) is 11.8. The summed E-state index contributed by atoms with van der Waals surface area (Å²) in [7, 11) is 0. The fraction of sp³-hybridized carbons (Fsp3) is 0.500. The molecule has 0 saturated carbocycles. The topological polar surface area (TPSA) is 0 Å². The number of rotatable bonds is 23. The van der Waals surface area contributed by atoms with E-state index < -0.39 is 0 Å². The molecule has 3 aromatic carbocycles. The lowest BCUT2D eigenvalue weighted by Crippen LogP contribution is -2.46. The quantitative estimate of drug-likeness (QED) is 0.0623. The standard InChI is InChI=1S/C40H58N/c1-2-3-4-5-6-7-8-9-10-11-12-13-14-15-16-17-27-34-41(35-38-28-21-18-22-29-38,36-39-30-23-19-24-31-39)37-40-32-25-20-26-33-40/h14-15,18-26,28-33H,2-13,16-17,27,34-37H2,1H3/q+1/b15-14+. The molecule has 0 bridgehead atoms. The molecule has 0 radical (unpaired) electrons. The van der Waals surface area contributed by atoms with Crippen LogP contribution in [0.4, 0.5) is 0 Å². The Kier molecular flexibility index (Phi) is 16.9. The average molecular weight is 553 g/mol. The summed E-state index contributed by atoms with van der Waals surface area (Å²) in [5.74, 6) is 0. The molecular formula is C40H58N+. The summed E-state index contributed by atoms with van der Waals surface area (Å²) in [4.78, 5) is 0. The molecule has 0 aliphatic rings. The second kappa shape index (κ2) is 21.1. The fourth-order valence-electron chi connectivity index (χ4n) is 6.19. The van der Waals surface area contributed by atoms with Crippen LogP contribution < -0.4 is 0 Å². The average Bonchev–Trinajstić information content (AvgIpc) is 3.00. The highest BCUT2D eigenvalue weighted by Gasteiger charge is 2.28. The Morgan fingerprint density at radius 1 is 0.415 bits per heavy atom. The van der Waals surface area contributed by atoms with E-state index in [1.807, 2.05) is 0 Å². The summed E-state index contributed by atoms with van der Waals surface area (Å²) in [6, 6.07) is 33.4. The first-order valence-corrected chi connectivity index (χ1v) is 16.9. The first kappa shape index (κ1) is 32.9. The molecule has 3 rings (SSSR count). The van der Waals surface area contributed by atoms with E-state index in [4.69, 9.17) is 0 Å². The Labute approximate surface area is 253 Å². The summed E-state index contributed by atoms with van der Waals surface area (Å²) >= 11 is 0. The van der Waals surface area contributed by atoms with Crippen LogP contribution in [0.3, 0.4) is 0 Å². The van der Waals surface area contributed by atoms with Gasteiger partial charge in [-0.25, -0.2) is 0 Å². The third kappa shape index (κ3) is 14.7. The number of hydrogen-bond acceptors (Lipinski definition) is 0. The van der Waals surface area contributed by atoms with E-state index in [9.17, 15) is 0 Å². The minimum Gasteiger partial charge on any atom is -0.312 e. The van der Waals surface area contributed by atoms with Gasteiger partial charge in [0.2, 0.25) is 0 Å². The zero-order valence-corrected chi connectivity index (χ0v) is 26.2. The van der Waals surface area contributed by atoms with Gasteiger partial charge in [0.05, 0.1) is 6.54 Å². The number of allylic oxidation sites excluding steroid dienone is 2. The highest BCUT2D eigenvalue weighted by atomic mass is 15.3. The predicted molar refractivity (Wildman–Crippen MR) is 180 cm³/mol. The first-order chi connectivity index (χ1) is 20.3. The molecule has 0 unspecified atom stereocenters. The molecular weight excluding hydrogens is 494 g/mol. The Morgan fingerprint density at radius 2 is 0.756 bits per heavy atom. The summed E-state index contributed by atoms with van der Waals surface area (Å²) in [6.45, 7) is 6.70. The molecule has 0 aliphatic carbocycles. The van der Waals surface area contributed by atoms with Crippen LogP contribution in [0, 0.1) is 0 Å². The molecule has 3 aromatic rings. The van der Waals surface area contributed by atoms with Crippen LogP contribution in [0.2, 0.25) is 0 Å². The SMILES string of the molecule is CCCCCCCCCCCCC/C=C/CCCC[N+](Cc1ccccc1)(Cc1ccccc1)Cc1ccccc1. The summed E-state index contributed by atoms with van der Waals surface area (Å²) in [5, 5.41) is 0. The molecule has 0 spiro atoms. The third-order valence-corrected chi connectivity index (χ3v) is 8.48. The second-order valence-electron chi connectivity index (χ2n) is 12.3. The van der Waals surface area contributed by atoms with Crippen LogP contribution in [-0.2, 0) is 19.6 Å². The smallest absolute Gasteiger partial charge is 0.105 e. The molecule has 0 aromatic heterocycles. The van der Waals surface area contributed by atoms with Gasteiger partial charge >= 0.3 is 0 Å². The van der Waals surface area contributed by atoms with Crippen LogP contribution in [0.5, 0.6) is 0 Å². The van der Waals surface area contributed by atoms with Gasteiger partial charge in [-0.1, -0.05) is 174 Å². The Morgan fingerprint density at radius 3 is 1.15 bits per heavy atom. The number of nitrogens with zero attached hydrogens (tertiary/aromatic N) is 1. The molecule has 1 heteroatoms. The molecule has 0 N–H and O–H groups in total. The van der Waals surface area contributed by atoms with E-state index in [0.717, 1.165) is 24.1 Å². The van der Waals surface area contributed by atoms with Crippen molar-refractivity contribution in [3.63, 3.8) is 0 Å². The van der Waals surface area contributed by atoms with Crippen molar-refractivity contribution in [2.45, 2.75) is 123 Å². The molecule has 1 nitrogen and oxygen atoms in total. The van der Waals surface area contributed by atoms with Gasteiger partial charge in [-0.2, -0.15) is 0 Å². The molecule has 0 heterocycles. The van der Waals surface area contributed by atoms with Gasteiger partial charge in [-0.15, -0.1) is 0 Å². The van der Waals surface area contributed by atoms with E-state index in [1.165, 1.54) is 120 Å². The van der Waals surface area contributed by atoms with Gasteiger partial charge in [-0.05, 0) is 32.1 Å². The highest BCUT2D eigenvalue weighted by molar-refractivity contribution is 5.17. The lowest BCUT2D eigenvalue weighted by Gasteiger charge is -2.39. The lowest BCUT2D eigenvalue weighted by molar-refractivity contribution is -0.966. The van der Waals surface area contributed by atoms with Crippen LogP contribution >= 0.6 is 0 Å². The third-order valence-electron chi connectivity index (χ3n) is 8.48. The van der Waals surface area contributed by atoms with Gasteiger partial charge < -0.3 is 4.48 Å². The van der Waals surface area contributed by atoms with Gasteiger partial charge in [0.1, 0.15) is 19.6 Å². The van der Waals surface area contributed by atoms with Gasteiger partial charge in [-0.3, -0.25) is 0 Å². The largest absolute Gasteiger partial charge is 0.312 e. The maximum Gasteiger partial charge on any atom is 0.105 e. The van der Waals surface area contributed by atoms with Crippen molar-refractivity contribution in [1.82, 2.24) is 0 Å². The fourth-order valence-corrected chi connectivity index (χ4v) is 6.19.